The molecule has 0 heterocycles. The van der Waals surface area contributed by atoms with E-state index in [0.717, 1.165) is 10.5 Å². The summed E-state index contributed by atoms with van der Waals surface area (Å²) in [6, 6.07) is 16.3. The number of halogens is 1. The van der Waals surface area contributed by atoms with Crippen LogP contribution in [0.15, 0.2) is 53.4 Å². The van der Waals surface area contributed by atoms with E-state index in [1.54, 1.807) is 30.3 Å². The number of carbonyl (C=O) groups is 1. The predicted molar refractivity (Wildman–Crippen MR) is 83.1 cm³/mol. The van der Waals surface area contributed by atoms with Crippen LogP contribution in [0, 0.1) is 11.3 Å². The molecule has 2 aromatic carbocycles. The van der Waals surface area contributed by atoms with Gasteiger partial charge in [0.1, 0.15) is 6.61 Å². The number of rotatable bonds is 5. The lowest BCUT2D eigenvalue weighted by Crippen LogP contribution is -2.07. The molecule has 0 aliphatic heterocycles. The van der Waals surface area contributed by atoms with Gasteiger partial charge in [-0.15, -0.1) is 11.8 Å². The standard InChI is InChI=1S/C16H12ClNO2S/c17-14-4-6-15(7-5-14)21-11-16(19)20-10-13-3-1-2-12(8-13)9-18/h1-8H,10-11H2. The van der Waals surface area contributed by atoms with Crippen molar-refractivity contribution in [2.75, 3.05) is 5.75 Å². The van der Waals surface area contributed by atoms with Gasteiger partial charge in [0.05, 0.1) is 17.4 Å². The molecule has 0 aliphatic rings. The molecular formula is C16H12ClNO2S. The van der Waals surface area contributed by atoms with Gasteiger partial charge in [-0.1, -0.05) is 23.7 Å². The number of ether oxygens (including phenoxy) is 1. The van der Waals surface area contributed by atoms with Gasteiger partial charge < -0.3 is 4.74 Å². The van der Waals surface area contributed by atoms with E-state index in [-0.39, 0.29) is 18.3 Å². The summed E-state index contributed by atoms with van der Waals surface area (Å²) in [6.45, 7) is 0.176. The minimum absolute atomic E-state index is 0.176. The highest BCUT2D eigenvalue weighted by atomic mass is 35.5. The first-order valence-electron chi connectivity index (χ1n) is 6.20. The summed E-state index contributed by atoms with van der Waals surface area (Å²) >= 11 is 7.19. The highest BCUT2D eigenvalue weighted by molar-refractivity contribution is 8.00. The lowest BCUT2D eigenvalue weighted by molar-refractivity contribution is -0.141. The number of nitriles is 1. The average molecular weight is 318 g/mol. The highest BCUT2D eigenvalue weighted by Gasteiger charge is 2.05. The molecule has 3 nitrogen and oxygen atoms in total. The molecule has 21 heavy (non-hydrogen) atoms. The Balaban J connectivity index is 1.79. The summed E-state index contributed by atoms with van der Waals surface area (Å²) in [7, 11) is 0. The SMILES string of the molecule is N#Cc1cccc(COC(=O)CSc2ccc(Cl)cc2)c1. The first kappa shape index (κ1) is 15.4. The summed E-state index contributed by atoms with van der Waals surface area (Å²) in [5, 5.41) is 9.46. The summed E-state index contributed by atoms with van der Waals surface area (Å²) in [5.74, 6) is -0.0585. The van der Waals surface area contributed by atoms with E-state index in [1.165, 1.54) is 11.8 Å². The predicted octanol–water partition coefficient (Wildman–Crippen LogP) is 4.05. The molecule has 0 aliphatic carbocycles. The highest BCUT2D eigenvalue weighted by Crippen LogP contribution is 2.20. The Labute approximate surface area is 132 Å². The van der Waals surface area contributed by atoms with Gasteiger partial charge in [-0.3, -0.25) is 4.79 Å². The topological polar surface area (TPSA) is 50.1 Å². The Hall–Kier alpha value is -1.96. The number of nitrogens with zero attached hydrogens (tertiary/aromatic N) is 1. The van der Waals surface area contributed by atoms with Crippen LogP contribution in [0.25, 0.3) is 0 Å². The maximum Gasteiger partial charge on any atom is 0.316 e. The molecule has 0 radical (unpaired) electrons. The third kappa shape index (κ3) is 5.14. The Bertz CT molecular complexity index is 665. The first-order valence-corrected chi connectivity index (χ1v) is 7.57. The maximum atomic E-state index is 11.7. The largest absolute Gasteiger partial charge is 0.460 e. The molecule has 0 N–H and O–H groups in total. The lowest BCUT2D eigenvalue weighted by Gasteiger charge is -2.05. The molecule has 106 valence electrons. The molecule has 0 spiro atoms. The van der Waals surface area contributed by atoms with Crippen LogP contribution >= 0.6 is 23.4 Å². The molecule has 2 aromatic rings. The van der Waals surface area contributed by atoms with E-state index >= 15 is 0 Å². The summed E-state index contributed by atoms with van der Waals surface area (Å²) in [5.41, 5.74) is 1.36. The van der Waals surface area contributed by atoms with Crippen LogP contribution in [0.2, 0.25) is 5.02 Å². The summed E-state index contributed by atoms with van der Waals surface area (Å²) in [4.78, 5) is 12.6. The van der Waals surface area contributed by atoms with Crippen LogP contribution in [0.1, 0.15) is 11.1 Å². The van der Waals surface area contributed by atoms with Gasteiger partial charge in [0.15, 0.2) is 0 Å². The van der Waals surface area contributed by atoms with Crippen molar-refractivity contribution in [1.82, 2.24) is 0 Å². The van der Waals surface area contributed by atoms with Crippen molar-refractivity contribution in [2.24, 2.45) is 0 Å². The van der Waals surface area contributed by atoms with E-state index in [2.05, 4.69) is 6.07 Å². The third-order valence-corrected chi connectivity index (χ3v) is 3.86. The normalized spacial score (nSPS) is 9.90. The third-order valence-electron chi connectivity index (χ3n) is 2.63. The molecule has 0 atom stereocenters. The van der Waals surface area contributed by atoms with Crippen LogP contribution in [0.3, 0.4) is 0 Å². The van der Waals surface area contributed by atoms with Crippen molar-refractivity contribution < 1.29 is 9.53 Å². The quantitative estimate of drug-likeness (QED) is 0.616. The zero-order chi connectivity index (χ0) is 15.1. The molecule has 0 unspecified atom stereocenters. The van der Waals surface area contributed by atoms with Crippen molar-refractivity contribution in [3.8, 4) is 6.07 Å². The average Bonchev–Trinajstić information content (AvgIpc) is 2.52. The van der Waals surface area contributed by atoms with E-state index in [9.17, 15) is 4.79 Å². The van der Waals surface area contributed by atoms with Gasteiger partial charge in [0.25, 0.3) is 0 Å². The maximum absolute atomic E-state index is 11.7. The Morgan fingerprint density at radius 2 is 2.00 bits per heavy atom. The van der Waals surface area contributed by atoms with Gasteiger partial charge >= 0.3 is 5.97 Å². The molecule has 0 saturated heterocycles. The van der Waals surface area contributed by atoms with E-state index in [1.807, 2.05) is 18.2 Å². The van der Waals surface area contributed by atoms with Gasteiger partial charge in [0.2, 0.25) is 0 Å². The fraction of sp³-hybridized carbons (Fsp3) is 0.125. The molecule has 0 amide bonds. The molecule has 0 fully saturated rings. The monoisotopic (exact) mass is 317 g/mol. The Morgan fingerprint density at radius 3 is 2.71 bits per heavy atom. The zero-order valence-electron chi connectivity index (χ0n) is 11.1. The van der Waals surface area contributed by atoms with E-state index in [0.29, 0.717) is 10.6 Å². The van der Waals surface area contributed by atoms with Gasteiger partial charge in [-0.2, -0.15) is 5.26 Å². The second-order valence-corrected chi connectivity index (χ2v) is 5.70. The minimum atomic E-state index is -0.294. The van der Waals surface area contributed by atoms with E-state index in [4.69, 9.17) is 21.6 Å². The van der Waals surface area contributed by atoms with Crippen LogP contribution in [0.4, 0.5) is 0 Å². The number of esters is 1. The number of carbonyl (C=O) groups excluding carboxylic acids is 1. The molecular weight excluding hydrogens is 306 g/mol. The number of thioether (sulfide) groups is 1. The number of benzene rings is 2. The molecule has 0 bridgehead atoms. The van der Waals surface area contributed by atoms with E-state index < -0.39 is 0 Å². The Morgan fingerprint density at radius 1 is 1.24 bits per heavy atom. The van der Waals surface area contributed by atoms with Crippen molar-refractivity contribution in [3.05, 3.63) is 64.7 Å². The fourth-order valence-electron chi connectivity index (χ4n) is 1.61. The second kappa shape index (κ2) is 7.72. The number of hydrogen-bond acceptors (Lipinski definition) is 4. The molecule has 2 rings (SSSR count). The molecule has 5 heteroatoms. The van der Waals surface area contributed by atoms with Crippen LogP contribution in [0.5, 0.6) is 0 Å². The van der Waals surface area contributed by atoms with Gasteiger partial charge in [-0.25, -0.2) is 0 Å². The molecule has 0 saturated carbocycles. The van der Waals surface area contributed by atoms with Crippen molar-refractivity contribution in [2.45, 2.75) is 11.5 Å². The van der Waals surface area contributed by atoms with Crippen LogP contribution in [-0.4, -0.2) is 11.7 Å². The van der Waals surface area contributed by atoms with Crippen molar-refractivity contribution in [1.29, 1.82) is 5.26 Å². The van der Waals surface area contributed by atoms with Gasteiger partial charge in [-0.05, 0) is 42.0 Å². The summed E-state index contributed by atoms with van der Waals surface area (Å²) in [6.07, 6.45) is 0. The van der Waals surface area contributed by atoms with Crippen LogP contribution < -0.4 is 0 Å². The number of hydrogen-bond donors (Lipinski definition) is 0. The minimum Gasteiger partial charge on any atom is -0.460 e. The molecule has 0 aromatic heterocycles. The van der Waals surface area contributed by atoms with Crippen molar-refractivity contribution in [3.63, 3.8) is 0 Å². The first-order chi connectivity index (χ1) is 10.2. The Kier molecular flexibility index (Phi) is 5.68. The second-order valence-electron chi connectivity index (χ2n) is 4.22. The lowest BCUT2D eigenvalue weighted by atomic mass is 10.1. The van der Waals surface area contributed by atoms with Crippen LogP contribution in [-0.2, 0) is 16.1 Å². The van der Waals surface area contributed by atoms with Crippen molar-refractivity contribution >= 4 is 29.3 Å². The smallest absolute Gasteiger partial charge is 0.316 e. The fourth-order valence-corrected chi connectivity index (χ4v) is 2.43. The van der Waals surface area contributed by atoms with Gasteiger partial charge in [0, 0.05) is 9.92 Å². The summed E-state index contributed by atoms with van der Waals surface area (Å²) < 4.78 is 5.18. The zero-order valence-corrected chi connectivity index (χ0v) is 12.7.